The maximum absolute atomic E-state index is 12.5. The van der Waals surface area contributed by atoms with Crippen molar-refractivity contribution in [2.45, 2.75) is 6.54 Å². The van der Waals surface area contributed by atoms with Gasteiger partial charge in [0.2, 0.25) is 0 Å². The van der Waals surface area contributed by atoms with Crippen molar-refractivity contribution in [1.82, 2.24) is 15.2 Å². The van der Waals surface area contributed by atoms with Crippen LogP contribution in [0.2, 0.25) is 0 Å². The molecule has 0 unspecified atom stereocenters. The molecular formula is C23H23N3O3S. The van der Waals surface area contributed by atoms with Gasteiger partial charge in [-0.3, -0.25) is 4.79 Å². The second-order valence-electron chi connectivity index (χ2n) is 7.13. The summed E-state index contributed by atoms with van der Waals surface area (Å²) in [6.07, 6.45) is 0. The first-order chi connectivity index (χ1) is 14.6. The Morgan fingerprint density at radius 3 is 2.83 bits per heavy atom. The lowest BCUT2D eigenvalue weighted by atomic mass is 10.2. The normalized spacial score (nSPS) is 11.2. The van der Waals surface area contributed by atoms with Gasteiger partial charge in [0.05, 0.1) is 10.2 Å². The van der Waals surface area contributed by atoms with Crippen molar-refractivity contribution >= 4 is 27.5 Å². The summed E-state index contributed by atoms with van der Waals surface area (Å²) in [7, 11) is 4.01. The van der Waals surface area contributed by atoms with Crippen LogP contribution in [0, 0.1) is 0 Å². The number of hydrogen-bond acceptors (Lipinski definition) is 6. The predicted molar refractivity (Wildman–Crippen MR) is 119 cm³/mol. The van der Waals surface area contributed by atoms with E-state index in [4.69, 9.17) is 9.15 Å². The first kappa shape index (κ1) is 20.1. The maximum atomic E-state index is 12.5. The molecular weight excluding hydrogens is 398 g/mol. The van der Waals surface area contributed by atoms with Crippen molar-refractivity contribution in [2.75, 3.05) is 27.2 Å². The molecule has 6 nitrogen and oxygen atoms in total. The molecule has 30 heavy (non-hydrogen) atoms. The number of para-hydroxylation sites is 1. The zero-order chi connectivity index (χ0) is 20.9. The number of likely N-dealkylation sites (N-methyl/N-ethyl adjacent to an activating group) is 1. The Kier molecular flexibility index (Phi) is 6.11. The van der Waals surface area contributed by atoms with Crippen LogP contribution in [0.15, 0.2) is 65.1 Å². The SMILES string of the molecule is CN(C)CCOc1cccc(CNC(=O)c2ccc(-c3nc4ccccc4s3)o2)c1. The highest BCUT2D eigenvalue weighted by Crippen LogP contribution is 2.31. The molecule has 4 aromatic rings. The first-order valence-electron chi connectivity index (χ1n) is 9.69. The summed E-state index contributed by atoms with van der Waals surface area (Å²) >= 11 is 1.54. The molecule has 0 saturated carbocycles. The van der Waals surface area contributed by atoms with E-state index < -0.39 is 0 Å². The number of benzene rings is 2. The Bertz CT molecular complexity index is 1120. The molecule has 0 saturated heterocycles. The third-order valence-corrected chi connectivity index (χ3v) is 5.54. The molecule has 0 aliphatic heterocycles. The fraction of sp³-hybridized carbons (Fsp3) is 0.217. The van der Waals surface area contributed by atoms with Gasteiger partial charge in [0.25, 0.3) is 5.91 Å². The number of nitrogens with zero attached hydrogens (tertiary/aromatic N) is 2. The number of carbonyl (C=O) groups excluding carboxylic acids is 1. The lowest BCUT2D eigenvalue weighted by molar-refractivity contribution is 0.0924. The highest BCUT2D eigenvalue weighted by molar-refractivity contribution is 7.21. The average molecular weight is 422 g/mol. The van der Waals surface area contributed by atoms with Crippen LogP contribution in [0.4, 0.5) is 0 Å². The van der Waals surface area contributed by atoms with Gasteiger partial charge in [-0.15, -0.1) is 11.3 Å². The van der Waals surface area contributed by atoms with E-state index in [1.165, 1.54) is 0 Å². The number of aromatic nitrogens is 1. The molecule has 0 aliphatic carbocycles. The van der Waals surface area contributed by atoms with E-state index in [9.17, 15) is 4.79 Å². The molecule has 0 spiro atoms. The first-order valence-corrected chi connectivity index (χ1v) is 10.5. The van der Waals surface area contributed by atoms with E-state index >= 15 is 0 Å². The summed E-state index contributed by atoms with van der Waals surface area (Å²) in [4.78, 5) is 19.1. The third-order valence-electron chi connectivity index (χ3n) is 4.49. The van der Waals surface area contributed by atoms with E-state index in [-0.39, 0.29) is 11.7 Å². The van der Waals surface area contributed by atoms with Crippen molar-refractivity contribution in [3.63, 3.8) is 0 Å². The summed E-state index contributed by atoms with van der Waals surface area (Å²) in [5, 5.41) is 3.66. The van der Waals surface area contributed by atoms with Gasteiger partial charge in [-0.05, 0) is 56.1 Å². The fourth-order valence-corrected chi connectivity index (χ4v) is 3.84. The fourth-order valence-electron chi connectivity index (χ4n) is 2.91. The Labute approximate surface area is 179 Å². The van der Waals surface area contributed by atoms with Crippen LogP contribution in [0.5, 0.6) is 5.75 Å². The van der Waals surface area contributed by atoms with Crippen LogP contribution in [-0.4, -0.2) is 43.0 Å². The standard InChI is InChI=1S/C23H23N3O3S/c1-26(2)12-13-28-17-7-5-6-16(14-17)15-24-22(27)19-10-11-20(29-19)23-25-18-8-3-4-9-21(18)30-23/h3-11,14H,12-13,15H2,1-2H3,(H,24,27). The molecule has 0 bridgehead atoms. The number of fused-ring (bicyclic) bond motifs is 1. The maximum Gasteiger partial charge on any atom is 0.287 e. The predicted octanol–water partition coefficient (Wildman–Crippen LogP) is 4.43. The third kappa shape index (κ3) is 4.87. The van der Waals surface area contributed by atoms with E-state index in [1.54, 1.807) is 23.5 Å². The van der Waals surface area contributed by atoms with Gasteiger partial charge < -0.3 is 19.4 Å². The van der Waals surface area contributed by atoms with Crippen LogP contribution in [0.25, 0.3) is 21.0 Å². The Morgan fingerprint density at radius 1 is 1.13 bits per heavy atom. The number of carbonyl (C=O) groups is 1. The van der Waals surface area contributed by atoms with Crippen molar-refractivity contribution in [2.24, 2.45) is 0 Å². The van der Waals surface area contributed by atoms with Gasteiger partial charge in [0.1, 0.15) is 12.4 Å². The quantitative estimate of drug-likeness (QED) is 0.456. The van der Waals surface area contributed by atoms with Crippen LogP contribution >= 0.6 is 11.3 Å². The highest BCUT2D eigenvalue weighted by atomic mass is 32.1. The van der Waals surface area contributed by atoms with E-state index in [0.717, 1.165) is 33.1 Å². The second-order valence-corrected chi connectivity index (χ2v) is 8.16. The smallest absolute Gasteiger partial charge is 0.287 e. The number of amides is 1. The molecule has 1 amide bonds. The number of ether oxygens (including phenoxy) is 1. The molecule has 0 radical (unpaired) electrons. The van der Waals surface area contributed by atoms with Gasteiger partial charge in [-0.1, -0.05) is 24.3 Å². The van der Waals surface area contributed by atoms with Crippen molar-refractivity contribution in [3.8, 4) is 16.5 Å². The monoisotopic (exact) mass is 421 g/mol. The van der Waals surface area contributed by atoms with Gasteiger partial charge in [-0.2, -0.15) is 0 Å². The lowest BCUT2D eigenvalue weighted by Crippen LogP contribution is -2.22. The van der Waals surface area contributed by atoms with Gasteiger partial charge in [0.15, 0.2) is 16.5 Å². The van der Waals surface area contributed by atoms with Crippen LogP contribution < -0.4 is 10.1 Å². The highest BCUT2D eigenvalue weighted by Gasteiger charge is 2.15. The molecule has 154 valence electrons. The molecule has 0 aliphatic rings. The lowest BCUT2D eigenvalue weighted by Gasteiger charge is -2.12. The molecule has 2 aromatic carbocycles. The van der Waals surface area contributed by atoms with Gasteiger partial charge in [0, 0.05) is 13.1 Å². The molecule has 1 N–H and O–H groups in total. The van der Waals surface area contributed by atoms with E-state index in [0.29, 0.717) is 18.9 Å². The van der Waals surface area contributed by atoms with Crippen molar-refractivity contribution < 1.29 is 13.9 Å². The molecule has 0 fully saturated rings. The van der Waals surface area contributed by atoms with Gasteiger partial charge in [-0.25, -0.2) is 4.98 Å². The number of thiazole rings is 1. The zero-order valence-corrected chi connectivity index (χ0v) is 17.7. The van der Waals surface area contributed by atoms with Crippen LogP contribution in [0.1, 0.15) is 16.1 Å². The minimum absolute atomic E-state index is 0.263. The average Bonchev–Trinajstić information content (AvgIpc) is 3.39. The Morgan fingerprint density at radius 2 is 2.00 bits per heavy atom. The number of nitrogens with one attached hydrogen (secondary N) is 1. The largest absolute Gasteiger partial charge is 0.492 e. The van der Waals surface area contributed by atoms with Crippen LogP contribution in [-0.2, 0) is 6.54 Å². The summed E-state index contributed by atoms with van der Waals surface area (Å²) in [6.45, 7) is 1.85. The zero-order valence-electron chi connectivity index (χ0n) is 16.9. The molecule has 2 heterocycles. The molecule has 2 aromatic heterocycles. The number of rotatable bonds is 8. The Hall–Kier alpha value is -3.16. The van der Waals surface area contributed by atoms with Crippen LogP contribution in [0.3, 0.4) is 0 Å². The summed E-state index contributed by atoms with van der Waals surface area (Å²) in [6, 6.07) is 19.1. The van der Waals surface area contributed by atoms with Crippen molar-refractivity contribution in [1.29, 1.82) is 0 Å². The van der Waals surface area contributed by atoms with Crippen molar-refractivity contribution in [3.05, 3.63) is 72.0 Å². The van der Waals surface area contributed by atoms with E-state index in [2.05, 4.69) is 15.2 Å². The van der Waals surface area contributed by atoms with Gasteiger partial charge >= 0.3 is 0 Å². The van der Waals surface area contributed by atoms with E-state index in [1.807, 2.05) is 62.6 Å². The molecule has 0 atom stereocenters. The number of furan rings is 1. The summed E-state index contributed by atoms with van der Waals surface area (Å²) in [5.41, 5.74) is 1.89. The topological polar surface area (TPSA) is 67.6 Å². The molecule has 4 rings (SSSR count). The molecule has 7 heteroatoms. The minimum Gasteiger partial charge on any atom is -0.492 e. The summed E-state index contributed by atoms with van der Waals surface area (Å²) in [5.74, 6) is 1.39. The minimum atomic E-state index is -0.263. The number of hydrogen-bond donors (Lipinski definition) is 1. The Balaban J connectivity index is 1.37. The summed E-state index contributed by atoms with van der Waals surface area (Å²) < 4.78 is 12.6. The second kappa shape index (κ2) is 9.11.